The first kappa shape index (κ1) is 24.2. The maximum atomic E-state index is 12.8. The quantitative estimate of drug-likeness (QED) is 0.380. The smallest absolute Gasteiger partial charge is 0.261 e. The summed E-state index contributed by atoms with van der Waals surface area (Å²) in [6.07, 6.45) is 0. The Morgan fingerprint density at radius 3 is 2.56 bits per heavy atom. The monoisotopic (exact) mass is 494 g/mol. The molecular formula is C21H23ClN4O4S2. The third-order valence-electron chi connectivity index (χ3n) is 4.83. The molecule has 1 aromatic heterocycles. The van der Waals surface area contributed by atoms with Crippen molar-refractivity contribution in [2.24, 2.45) is 7.05 Å². The van der Waals surface area contributed by atoms with Crippen molar-refractivity contribution in [2.75, 3.05) is 24.2 Å². The van der Waals surface area contributed by atoms with Gasteiger partial charge in [-0.1, -0.05) is 49.3 Å². The van der Waals surface area contributed by atoms with E-state index in [0.717, 1.165) is 11.8 Å². The zero-order valence-electron chi connectivity index (χ0n) is 17.8. The minimum Gasteiger partial charge on any atom is -0.324 e. The topological polar surface area (TPSA) is 101 Å². The summed E-state index contributed by atoms with van der Waals surface area (Å²) in [5.41, 5.74) is 0.553. The molecule has 0 unspecified atom stereocenters. The van der Waals surface area contributed by atoms with E-state index in [1.807, 2.05) is 0 Å². The first-order valence-electron chi connectivity index (χ1n) is 9.87. The molecule has 0 spiro atoms. The fourth-order valence-corrected chi connectivity index (χ4v) is 5.54. The van der Waals surface area contributed by atoms with Gasteiger partial charge in [-0.15, -0.1) is 0 Å². The van der Waals surface area contributed by atoms with Crippen molar-refractivity contribution in [3.8, 4) is 0 Å². The maximum absolute atomic E-state index is 12.8. The fraction of sp³-hybridized carbons (Fsp3) is 0.286. The molecule has 170 valence electrons. The van der Waals surface area contributed by atoms with Gasteiger partial charge < -0.3 is 5.32 Å². The van der Waals surface area contributed by atoms with Gasteiger partial charge in [-0.3, -0.25) is 14.2 Å². The zero-order valence-corrected chi connectivity index (χ0v) is 20.2. The van der Waals surface area contributed by atoms with E-state index in [4.69, 9.17) is 11.6 Å². The number of sulfonamides is 1. The van der Waals surface area contributed by atoms with Crippen LogP contribution in [0.4, 0.5) is 5.69 Å². The van der Waals surface area contributed by atoms with Crippen LogP contribution in [0.1, 0.15) is 13.8 Å². The minimum atomic E-state index is -3.69. The molecule has 0 saturated carbocycles. The van der Waals surface area contributed by atoms with Crippen LogP contribution in [0.15, 0.2) is 57.3 Å². The minimum absolute atomic E-state index is 0.0397. The number of hydrogen-bond donors (Lipinski definition) is 1. The summed E-state index contributed by atoms with van der Waals surface area (Å²) >= 11 is 7.28. The number of carbonyl (C=O) groups excluding carboxylic acids is 1. The van der Waals surface area contributed by atoms with Gasteiger partial charge in [0.15, 0.2) is 5.16 Å². The van der Waals surface area contributed by atoms with Crippen molar-refractivity contribution >= 4 is 55.9 Å². The Balaban J connectivity index is 1.78. The number of benzene rings is 2. The molecule has 1 N–H and O–H groups in total. The highest BCUT2D eigenvalue weighted by molar-refractivity contribution is 7.99. The molecule has 3 rings (SSSR count). The number of thioether (sulfide) groups is 1. The van der Waals surface area contributed by atoms with Crippen molar-refractivity contribution < 1.29 is 13.2 Å². The van der Waals surface area contributed by atoms with E-state index in [2.05, 4.69) is 10.3 Å². The number of hydrogen-bond acceptors (Lipinski definition) is 6. The van der Waals surface area contributed by atoms with Crippen LogP contribution in [0.5, 0.6) is 0 Å². The molecule has 3 aromatic rings. The van der Waals surface area contributed by atoms with Crippen LogP contribution in [0.2, 0.25) is 5.02 Å². The Morgan fingerprint density at radius 1 is 1.19 bits per heavy atom. The fourth-order valence-electron chi connectivity index (χ4n) is 3.12. The normalized spacial score (nSPS) is 11.8. The average molecular weight is 495 g/mol. The number of aromatic nitrogens is 2. The van der Waals surface area contributed by atoms with Crippen molar-refractivity contribution in [3.05, 3.63) is 57.8 Å². The highest BCUT2D eigenvalue weighted by atomic mass is 35.5. The number of para-hydroxylation sites is 1. The molecule has 32 heavy (non-hydrogen) atoms. The van der Waals surface area contributed by atoms with Crippen LogP contribution in [-0.2, 0) is 21.9 Å². The molecular weight excluding hydrogens is 472 g/mol. The highest BCUT2D eigenvalue weighted by Crippen LogP contribution is 2.27. The van der Waals surface area contributed by atoms with Crippen LogP contribution in [0.3, 0.4) is 0 Å². The van der Waals surface area contributed by atoms with Gasteiger partial charge in [0.05, 0.1) is 32.3 Å². The Bertz CT molecular complexity index is 1320. The molecule has 1 amide bonds. The van der Waals surface area contributed by atoms with Crippen molar-refractivity contribution in [1.82, 2.24) is 13.9 Å². The van der Waals surface area contributed by atoms with Crippen molar-refractivity contribution in [2.45, 2.75) is 23.9 Å². The summed E-state index contributed by atoms with van der Waals surface area (Å²) in [6.45, 7) is 4.17. The van der Waals surface area contributed by atoms with Gasteiger partial charge in [0.1, 0.15) is 0 Å². The van der Waals surface area contributed by atoms with Gasteiger partial charge in [-0.05, 0) is 30.3 Å². The Hall–Kier alpha value is -2.40. The number of amides is 1. The summed E-state index contributed by atoms with van der Waals surface area (Å²) in [5, 5.41) is 3.77. The summed E-state index contributed by atoms with van der Waals surface area (Å²) in [5.74, 6) is -0.446. The van der Waals surface area contributed by atoms with Crippen LogP contribution >= 0.6 is 23.4 Å². The number of fused-ring (bicyclic) bond motifs is 1. The molecule has 0 radical (unpaired) electrons. The second-order valence-corrected chi connectivity index (χ2v) is 10.1. The second kappa shape index (κ2) is 10.0. The number of nitrogens with zero attached hydrogens (tertiary/aromatic N) is 3. The first-order chi connectivity index (χ1) is 15.2. The first-order valence-corrected chi connectivity index (χ1v) is 12.7. The van der Waals surface area contributed by atoms with E-state index < -0.39 is 15.9 Å². The van der Waals surface area contributed by atoms with Gasteiger partial charge in [0.2, 0.25) is 15.9 Å². The summed E-state index contributed by atoms with van der Waals surface area (Å²) in [4.78, 5) is 29.5. The van der Waals surface area contributed by atoms with Crippen molar-refractivity contribution in [3.63, 3.8) is 0 Å². The molecule has 8 nitrogen and oxygen atoms in total. The lowest BCUT2D eigenvalue weighted by Crippen LogP contribution is -2.30. The molecule has 0 saturated heterocycles. The van der Waals surface area contributed by atoms with E-state index >= 15 is 0 Å². The lowest BCUT2D eigenvalue weighted by atomic mass is 10.2. The molecule has 0 fully saturated rings. The van der Waals surface area contributed by atoms with Crippen LogP contribution in [0, 0.1) is 0 Å². The van der Waals surface area contributed by atoms with E-state index in [1.54, 1.807) is 45.2 Å². The molecule has 11 heteroatoms. The predicted octanol–water partition coefficient (Wildman–Crippen LogP) is 3.35. The van der Waals surface area contributed by atoms with Gasteiger partial charge in [0.25, 0.3) is 5.56 Å². The molecule has 0 aliphatic carbocycles. The molecule has 0 bridgehead atoms. The van der Waals surface area contributed by atoms with Gasteiger partial charge in [-0.2, -0.15) is 4.31 Å². The third kappa shape index (κ3) is 4.98. The number of rotatable bonds is 8. The largest absolute Gasteiger partial charge is 0.324 e. The van der Waals surface area contributed by atoms with E-state index in [0.29, 0.717) is 29.1 Å². The van der Waals surface area contributed by atoms with Crippen LogP contribution in [0.25, 0.3) is 10.9 Å². The molecule has 2 aromatic carbocycles. The van der Waals surface area contributed by atoms with Crippen LogP contribution in [-0.4, -0.2) is 47.0 Å². The van der Waals surface area contributed by atoms with Crippen LogP contribution < -0.4 is 10.9 Å². The predicted molar refractivity (Wildman–Crippen MR) is 128 cm³/mol. The highest BCUT2D eigenvalue weighted by Gasteiger charge is 2.23. The number of nitrogens with one attached hydrogen (secondary N) is 1. The van der Waals surface area contributed by atoms with Gasteiger partial charge in [-0.25, -0.2) is 13.4 Å². The van der Waals surface area contributed by atoms with E-state index in [-0.39, 0.29) is 26.9 Å². The van der Waals surface area contributed by atoms with E-state index in [9.17, 15) is 18.0 Å². The van der Waals surface area contributed by atoms with Gasteiger partial charge >= 0.3 is 0 Å². The number of halogens is 1. The molecule has 1 heterocycles. The van der Waals surface area contributed by atoms with Crippen molar-refractivity contribution in [1.29, 1.82) is 0 Å². The Morgan fingerprint density at radius 2 is 1.88 bits per heavy atom. The Kier molecular flexibility index (Phi) is 7.60. The average Bonchev–Trinajstić information content (AvgIpc) is 2.77. The third-order valence-corrected chi connectivity index (χ3v) is 8.23. The molecule has 0 aliphatic heterocycles. The summed E-state index contributed by atoms with van der Waals surface area (Å²) < 4.78 is 28.2. The lowest BCUT2D eigenvalue weighted by molar-refractivity contribution is -0.113. The lowest BCUT2D eigenvalue weighted by Gasteiger charge is -2.19. The number of anilines is 1. The Labute approximate surface area is 195 Å². The van der Waals surface area contributed by atoms with E-state index in [1.165, 1.54) is 27.1 Å². The second-order valence-electron chi connectivity index (χ2n) is 6.84. The number of carbonyl (C=O) groups is 1. The summed E-state index contributed by atoms with van der Waals surface area (Å²) in [7, 11) is -2.09. The standard InChI is InChI=1S/C21H23ClN4O4S2/c1-4-26(5-2)32(29,30)14-10-11-16(22)18(12-14)23-19(27)13-31-21-24-17-9-7-6-8-15(17)20(28)25(21)3/h6-12H,4-5,13H2,1-3H3,(H,23,27). The molecule has 0 atom stereocenters. The summed E-state index contributed by atoms with van der Waals surface area (Å²) in [6, 6.07) is 11.2. The SMILES string of the molecule is CCN(CC)S(=O)(=O)c1ccc(Cl)c(NC(=O)CSc2nc3ccccc3c(=O)n2C)c1. The molecule has 0 aliphatic rings. The van der Waals surface area contributed by atoms with Gasteiger partial charge in [0, 0.05) is 20.1 Å². The zero-order chi connectivity index (χ0) is 23.5. The maximum Gasteiger partial charge on any atom is 0.261 e.